The summed E-state index contributed by atoms with van der Waals surface area (Å²) >= 11 is 0. The summed E-state index contributed by atoms with van der Waals surface area (Å²) in [6, 6.07) is 19.8. The van der Waals surface area contributed by atoms with Gasteiger partial charge in [0.15, 0.2) is 5.78 Å². The van der Waals surface area contributed by atoms with Crippen molar-refractivity contribution in [2.24, 2.45) is 11.8 Å². The predicted octanol–water partition coefficient (Wildman–Crippen LogP) is 6.40. The molecule has 0 bridgehead atoms. The van der Waals surface area contributed by atoms with E-state index in [0.29, 0.717) is 25.1 Å². The second-order valence-corrected chi connectivity index (χ2v) is 11.0. The summed E-state index contributed by atoms with van der Waals surface area (Å²) in [4.78, 5) is 17.7. The molecule has 2 atom stereocenters. The number of Topliss-reactive ketones (excluding diaryl/α,β-unsaturated/α-hetero) is 1. The Morgan fingerprint density at radius 3 is 2.23 bits per heavy atom. The van der Waals surface area contributed by atoms with Crippen molar-refractivity contribution < 1.29 is 14.6 Å². The van der Waals surface area contributed by atoms with Crippen molar-refractivity contribution >= 4 is 22.6 Å². The van der Waals surface area contributed by atoms with Crippen LogP contribution in [-0.2, 0) is 9.53 Å². The monoisotopic (exact) mass is 574 g/mol. The molecule has 0 amide bonds. The van der Waals surface area contributed by atoms with E-state index in [1.807, 2.05) is 72.8 Å². The minimum absolute atomic E-state index is 0.0206. The molecule has 1 N–H and O–H groups in total. The number of carbonyl (C=O) groups excluding carboxylic acids is 1. The zero-order valence-corrected chi connectivity index (χ0v) is 25.0. The molecule has 0 saturated heterocycles. The number of fused-ring (bicyclic) bond motifs is 1. The number of hydrogen-bond donors (Lipinski definition) is 1. The zero-order chi connectivity index (χ0) is 30.5. The largest absolute Gasteiger partial charge is 0.511 e. The SMILES string of the molecule is CCN(CC)c1ccc(C2=C(O)C(C3C=CC(N(CC)CCOC4CC(=C(C#N)C#N)c5ccccc54)C=C3)C2=O)cc1. The van der Waals surface area contributed by atoms with Crippen molar-refractivity contribution in [3.63, 3.8) is 0 Å². The topological polar surface area (TPSA) is 101 Å². The average molecular weight is 575 g/mol. The van der Waals surface area contributed by atoms with Gasteiger partial charge in [0, 0.05) is 43.7 Å². The molecule has 7 heteroatoms. The molecule has 0 saturated carbocycles. The Labute approximate surface area is 254 Å². The molecular formula is C36H38N4O3. The molecule has 43 heavy (non-hydrogen) atoms. The number of aliphatic hydroxyl groups excluding tert-OH is 1. The molecule has 0 fully saturated rings. The summed E-state index contributed by atoms with van der Waals surface area (Å²) in [6.45, 7) is 10.2. The van der Waals surface area contributed by atoms with E-state index in [9.17, 15) is 20.4 Å². The first-order valence-corrected chi connectivity index (χ1v) is 15.1. The van der Waals surface area contributed by atoms with Crippen LogP contribution in [0.25, 0.3) is 11.1 Å². The van der Waals surface area contributed by atoms with Crippen LogP contribution in [-0.4, -0.2) is 54.6 Å². The van der Waals surface area contributed by atoms with Gasteiger partial charge in [-0.25, -0.2) is 0 Å². The summed E-state index contributed by atoms with van der Waals surface area (Å²) in [5.41, 5.74) is 5.13. The number of ketones is 1. The predicted molar refractivity (Wildman–Crippen MR) is 169 cm³/mol. The van der Waals surface area contributed by atoms with Gasteiger partial charge in [0.2, 0.25) is 0 Å². The quantitative estimate of drug-likeness (QED) is 0.245. The smallest absolute Gasteiger partial charge is 0.178 e. The van der Waals surface area contributed by atoms with Crippen molar-refractivity contribution in [3.05, 3.63) is 101 Å². The van der Waals surface area contributed by atoms with Crippen LogP contribution in [0.5, 0.6) is 0 Å². The fraction of sp³-hybridized carbons (Fsp3) is 0.361. The Hall–Kier alpha value is -4.43. The molecule has 0 heterocycles. The van der Waals surface area contributed by atoms with Crippen molar-refractivity contribution in [2.45, 2.75) is 39.3 Å². The van der Waals surface area contributed by atoms with E-state index in [1.54, 1.807) is 0 Å². The lowest BCUT2D eigenvalue weighted by Crippen LogP contribution is -2.39. The lowest BCUT2D eigenvalue weighted by molar-refractivity contribution is -0.120. The van der Waals surface area contributed by atoms with Gasteiger partial charge in [-0.1, -0.05) is 67.6 Å². The summed E-state index contributed by atoms with van der Waals surface area (Å²) in [5.74, 6) is -0.569. The molecule has 0 aromatic heterocycles. The number of aliphatic hydroxyl groups is 1. The van der Waals surface area contributed by atoms with Gasteiger partial charge in [-0.05, 0) is 54.8 Å². The summed E-state index contributed by atoms with van der Waals surface area (Å²) < 4.78 is 6.29. The van der Waals surface area contributed by atoms with Gasteiger partial charge in [-0.3, -0.25) is 9.69 Å². The normalized spacial score (nSPS) is 22.3. The summed E-state index contributed by atoms with van der Waals surface area (Å²) in [7, 11) is 0. The van der Waals surface area contributed by atoms with Gasteiger partial charge in [-0.15, -0.1) is 0 Å². The fourth-order valence-electron chi connectivity index (χ4n) is 6.47. The number of ether oxygens (including phenoxy) is 1. The molecule has 0 radical (unpaired) electrons. The minimum atomic E-state index is -0.541. The number of allylic oxidation sites excluding steroid dienone is 5. The molecule has 220 valence electrons. The number of nitriles is 2. The maximum atomic E-state index is 13.2. The highest BCUT2D eigenvalue weighted by Gasteiger charge is 2.44. The molecular weight excluding hydrogens is 536 g/mol. The first kappa shape index (κ1) is 30.0. The van der Waals surface area contributed by atoms with E-state index in [1.165, 1.54) is 0 Å². The number of carbonyl (C=O) groups is 1. The molecule has 2 aromatic rings. The van der Waals surface area contributed by atoms with Crippen LogP contribution in [0.15, 0.2) is 84.2 Å². The highest BCUT2D eigenvalue weighted by Crippen LogP contribution is 2.44. The van der Waals surface area contributed by atoms with Crippen LogP contribution in [0.1, 0.15) is 50.0 Å². The fourth-order valence-corrected chi connectivity index (χ4v) is 6.47. The number of benzene rings is 2. The Morgan fingerprint density at radius 1 is 0.953 bits per heavy atom. The summed E-state index contributed by atoms with van der Waals surface area (Å²) in [6.07, 6.45) is 8.59. The standard InChI is InChI=1S/C36H38N4O3/c1-4-39(5-2)27-15-11-24(12-16-27)33-35(41)34(36(33)42)25-13-17-28(18-14-25)40(6-3)19-20-43-32-21-31(26(22-37)23-38)29-9-7-8-10-30(29)32/h7-18,25,28,32,34,41H,4-6,19-21H2,1-3H3. The van der Waals surface area contributed by atoms with Crippen molar-refractivity contribution in [2.75, 3.05) is 37.7 Å². The van der Waals surface area contributed by atoms with Gasteiger partial charge in [0.25, 0.3) is 0 Å². The Morgan fingerprint density at radius 2 is 1.63 bits per heavy atom. The van der Waals surface area contributed by atoms with Gasteiger partial charge in [-0.2, -0.15) is 10.5 Å². The van der Waals surface area contributed by atoms with E-state index >= 15 is 0 Å². The Kier molecular flexibility index (Phi) is 9.26. The number of rotatable bonds is 11. The third kappa shape index (κ3) is 5.79. The molecule has 2 aromatic carbocycles. The molecule has 5 rings (SSSR count). The molecule has 2 unspecified atom stereocenters. The second-order valence-electron chi connectivity index (χ2n) is 11.0. The van der Waals surface area contributed by atoms with Crippen LogP contribution >= 0.6 is 0 Å². The summed E-state index contributed by atoms with van der Waals surface area (Å²) in [5, 5.41) is 29.7. The molecule has 0 aliphatic heterocycles. The number of nitrogens with zero attached hydrogens (tertiary/aromatic N) is 4. The molecule has 7 nitrogen and oxygen atoms in total. The van der Waals surface area contributed by atoms with Crippen LogP contribution < -0.4 is 4.90 Å². The maximum absolute atomic E-state index is 13.2. The molecule has 0 spiro atoms. The lowest BCUT2D eigenvalue weighted by atomic mass is 9.71. The number of likely N-dealkylation sites (N-methyl/N-ethyl adjacent to an activating group) is 1. The third-order valence-corrected chi connectivity index (χ3v) is 8.88. The van der Waals surface area contributed by atoms with E-state index in [-0.39, 0.29) is 35.2 Å². The van der Waals surface area contributed by atoms with Gasteiger partial charge >= 0.3 is 0 Å². The molecule has 3 aliphatic carbocycles. The molecule has 3 aliphatic rings. The number of hydrogen-bond acceptors (Lipinski definition) is 7. The first-order valence-electron chi connectivity index (χ1n) is 15.1. The maximum Gasteiger partial charge on any atom is 0.178 e. The Bertz CT molecular complexity index is 1540. The van der Waals surface area contributed by atoms with Crippen LogP contribution in [0.3, 0.4) is 0 Å². The number of anilines is 1. The van der Waals surface area contributed by atoms with Gasteiger partial charge in [0.05, 0.1) is 24.2 Å². The van der Waals surface area contributed by atoms with Crippen molar-refractivity contribution in [3.8, 4) is 12.1 Å². The van der Waals surface area contributed by atoms with Gasteiger partial charge < -0.3 is 14.7 Å². The van der Waals surface area contributed by atoms with E-state index in [2.05, 4.69) is 42.7 Å². The minimum Gasteiger partial charge on any atom is -0.511 e. The zero-order valence-electron chi connectivity index (χ0n) is 25.0. The van der Waals surface area contributed by atoms with E-state index in [0.717, 1.165) is 47.6 Å². The first-order chi connectivity index (χ1) is 20.9. The van der Waals surface area contributed by atoms with Crippen LogP contribution in [0.2, 0.25) is 0 Å². The van der Waals surface area contributed by atoms with Crippen molar-refractivity contribution in [1.82, 2.24) is 4.90 Å². The highest BCUT2D eigenvalue weighted by molar-refractivity contribution is 6.29. The highest BCUT2D eigenvalue weighted by atomic mass is 16.5. The van der Waals surface area contributed by atoms with E-state index in [4.69, 9.17) is 4.74 Å². The van der Waals surface area contributed by atoms with Crippen LogP contribution in [0.4, 0.5) is 5.69 Å². The third-order valence-electron chi connectivity index (χ3n) is 8.88. The van der Waals surface area contributed by atoms with Crippen LogP contribution in [0, 0.1) is 34.5 Å². The Balaban J connectivity index is 1.18. The average Bonchev–Trinajstić information content (AvgIpc) is 3.40. The second kappa shape index (κ2) is 13.3. The van der Waals surface area contributed by atoms with Crippen molar-refractivity contribution in [1.29, 1.82) is 10.5 Å². The van der Waals surface area contributed by atoms with E-state index < -0.39 is 5.92 Å². The lowest BCUT2D eigenvalue weighted by Gasteiger charge is -2.35. The van der Waals surface area contributed by atoms with Gasteiger partial charge in [0.1, 0.15) is 23.5 Å².